The molecule has 11 rings (SSSR count). The summed E-state index contributed by atoms with van der Waals surface area (Å²) in [5, 5.41) is 7.05. The van der Waals surface area contributed by atoms with Crippen LogP contribution < -0.4 is 9.80 Å². The van der Waals surface area contributed by atoms with Crippen LogP contribution in [-0.2, 0) is 9.47 Å². The SMILES string of the molecule is CN1CCN(CCOCCN2C(=O)c3ccc4c5c(N6CCCCC6)cc6c7c(ccc(c8c(N9CCCCC9)cc(c3c48)C2=O)c75)C(=O)N(CCOCCN2CCN(C)CC2)C6=O)CC1.Cl.Cl.Cl.Cl.Cl.Cl. The third-order valence-electron chi connectivity index (χ3n) is 15.6. The van der Waals surface area contributed by atoms with Crippen molar-refractivity contribution in [1.29, 1.82) is 0 Å². The first kappa shape index (κ1) is 59.7. The van der Waals surface area contributed by atoms with Gasteiger partial charge in [0.05, 0.1) is 50.6 Å². The van der Waals surface area contributed by atoms with Gasteiger partial charge in [-0.15, -0.1) is 74.4 Å². The molecule has 0 N–H and O–H groups in total. The maximum absolute atomic E-state index is 14.8. The average Bonchev–Trinajstić information content (AvgIpc) is 3.35. The maximum atomic E-state index is 14.8. The Morgan fingerprint density at radius 3 is 1.07 bits per heavy atom. The molecule has 0 aromatic heterocycles. The van der Waals surface area contributed by atoms with E-state index in [1.54, 1.807) is 0 Å². The van der Waals surface area contributed by atoms with Crippen molar-refractivity contribution in [2.75, 3.05) is 155 Å². The van der Waals surface area contributed by atoms with Crippen LogP contribution >= 0.6 is 74.4 Å². The minimum atomic E-state index is -0.301. The fourth-order valence-corrected chi connectivity index (χ4v) is 11.7. The van der Waals surface area contributed by atoms with Gasteiger partial charge in [-0.05, 0) is 87.7 Å². The zero-order valence-electron chi connectivity index (χ0n) is 41.3. The Kier molecular flexibility index (Phi) is 21.2. The minimum absolute atomic E-state index is 0. The Morgan fingerprint density at radius 2 is 0.708 bits per heavy atom. The number of imide groups is 2. The zero-order valence-corrected chi connectivity index (χ0v) is 46.2. The third-order valence-corrected chi connectivity index (χ3v) is 15.6. The van der Waals surface area contributed by atoms with Crippen LogP contribution in [0.3, 0.4) is 0 Å². The Hall–Kier alpha value is -3.22. The molecule has 5 aromatic rings. The number of hydrogen-bond donors (Lipinski definition) is 0. The highest BCUT2D eigenvalue weighted by Crippen LogP contribution is 2.52. The van der Waals surface area contributed by atoms with Gasteiger partial charge in [0, 0.05) is 146 Å². The van der Waals surface area contributed by atoms with Crippen LogP contribution in [0.2, 0.25) is 0 Å². The molecule has 0 spiro atoms. The number of piperidine rings is 2. The number of carbonyl (C=O) groups is 4. The topological polar surface area (TPSA) is 113 Å². The van der Waals surface area contributed by atoms with E-state index >= 15 is 0 Å². The van der Waals surface area contributed by atoms with E-state index < -0.39 is 0 Å². The quantitative estimate of drug-likeness (QED) is 0.0466. The molecular formula is C52H70Cl6N8O6. The lowest BCUT2D eigenvalue weighted by Crippen LogP contribution is -2.45. The fourth-order valence-electron chi connectivity index (χ4n) is 11.7. The van der Waals surface area contributed by atoms with Crippen molar-refractivity contribution in [2.24, 2.45) is 0 Å². The van der Waals surface area contributed by atoms with E-state index in [-0.39, 0.29) is 124 Å². The van der Waals surface area contributed by atoms with Gasteiger partial charge in [-0.25, -0.2) is 0 Å². The number of ether oxygens (including phenoxy) is 2. The van der Waals surface area contributed by atoms with Gasteiger partial charge in [-0.1, -0.05) is 12.1 Å². The monoisotopic (exact) mass is 1110 g/mol. The number of piperazine rings is 2. The summed E-state index contributed by atoms with van der Waals surface area (Å²) in [6, 6.07) is 12.0. The molecule has 5 aromatic carbocycles. The molecule has 0 aliphatic carbocycles. The number of anilines is 2. The van der Waals surface area contributed by atoms with Crippen molar-refractivity contribution in [3.8, 4) is 0 Å². The van der Waals surface area contributed by atoms with E-state index in [1.165, 1.54) is 9.80 Å². The number of amides is 4. The molecule has 14 nitrogen and oxygen atoms in total. The molecule has 72 heavy (non-hydrogen) atoms. The molecule has 4 saturated heterocycles. The van der Waals surface area contributed by atoms with Gasteiger partial charge in [-0.2, -0.15) is 0 Å². The Labute approximate surface area is 460 Å². The van der Waals surface area contributed by atoms with Crippen molar-refractivity contribution in [1.82, 2.24) is 29.4 Å². The average molecular weight is 1120 g/mol. The number of fused-ring (bicyclic) bond motifs is 2. The Balaban J connectivity index is 0.00000160. The number of likely N-dealkylation sites (N-methyl/N-ethyl adjacent to an activating group) is 2. The lowest BCUT2D eigenvalue weighted by atomic mass is 9.80. The number of carbonyl (C=O) groups excluding carboxylic acids is 4. The zero-order chi connectivity index (χ0) is 45.1. The standard InChI is InChI=1S/C52H64N8O6.6ClH/c1-53-17-21-55(22-18-53)25-29-65-31-27-59-49(61)37-11-9-35-46-42(58-15-7-4-8-16-58)34-40-44-38(50(62)60(52(40)64)28-32-66-30-26-56-23-19-54(2)20-24-56)12-10-36(48(44)46)45-41(57-13-5-3-6-14-57)33-39(51(59)63)43(37)47(35)45;;;;;;/h9-12,33-34H,3-8,13-32H2,1-2H3;6*1H. The first-order valence-corrected chi connectivity index (χ1v) is 24.7. The predicted octanol–water partition coefficient (Wildman–Crippen LogP) is 7.97. The van der Waals surface area contributed by atoms with Gasteiger partial charge in [0.2, 0.25) is 0 Å². The minimum Gasteiger partial charge on any atom is -0.378 e. The van der Waals surface area contributed by atoms with Gasteiger partial charge in [0.1, 0.15) is 0 Å². The number of rotatable bonds is 14. The van der Waals surface area contributed by atoms with E-state index in [1.807, 2.05) is 24.3 Å². The van der Waals surface area contributed by atoms with Crippen molar-refractivity contribution in [3.05, 3.63) is 58.7 Å². The first-order chi connectivity index (χ1) is 32.3. The molecule has 6 aliphatic heterocycles. The van der Waals surface area contributed by atoms with Crippen LogP contribution in [0.4, 0.5) is 11.4 Å². The molecule has 6 aliphatic rings. The molecule has 6 heterocycles. The van der Waals surface area contributed by atoms with Crippen molar-refractivity contribution in [2.45, 2.75) is 38.5 Å². The molecule has 0 bridgehead atoms. The van der Waals surface area contributed by atoms with Crippen LogP contribution in [0.15, 0.2) is 36.4 Å². The molecule has 0 radical (unpaired) electrons. The first-order valence-electron chi connectivity index (χ1n) is 24.7. The van der Waals surface area contributed by atoms with Gasteiger partial charge in [-0.3, -0.25) is 38.8 Å². The van der Waals surface area contributed by atoms with Crippen molar-refractivity contribution in [3.63, 3.8) is 0 Å². The van der Waals surface area contributed by atoms with E-state index in [0.29, 0.717) is 46.2 Å². The summed E-state index contributed by atoms with van der Waals surface area (Å²) in [4.78, 5) is 75.9. The second-order valence-electron chi connectivity index (χ2n) is 19.6. The summed E-state index contributed by atoms with van der Waals surface area (Å²) in [6.45, 7) is 15.3. The lowest BCUT2D eigenvalue weighted by molar-refractivity contribution is 0.0463. The smallest absolute Gasteiger partial charge is 0.261 e. The molecule has 0 saturated carbocycles. The number of nitrogens with zero attached hydrogens (tertiary/aromatic N) is 8. The number of benzene rings is 5. The Morgan fingerprint density at radius 1 is 0.375 bits per heavy atom. The molecule has 4 amide bonds. The van der Waals surface area contributed by atoms with Crippen LogP contribution in [0.5, 0.6) is 0 Å². The largest absolute Gasteiger partial charge is 0.378 e. The molecule has 0 unspecified atom stereocenters. The normalized spacial score (nSPS) is 19.0. The van der Waals surface area contributed by atoms with Gasteiger partial charge in [0.25, 0.3) is 23.6 Å². The maximum Gasteiger partial charge on any atom is 0.261 e. The summed E-state index contributed by atoms with van der Waals surface area (Å²) < 4.78 is 12.2. The highest BCUT2D eigenvalue weighted by atomic mass is 35.5. The second-order valence-corrected chi connectivity index (χ2v) is 19.6. The Bertz CT molecular complexity index is 2540. The van der Waals surface area contributed by atoms with Gasteiger partial charge < -0.3 is 29.1 Å². The fraction of sp³-hybridized carbons (Fsp3) is 0.538. The summed E-state index contributed by atoms with van der Waals surface area (Å²) in [7, 11) is 4.29. The number of halogens is 6. The van der Waals surface area contributed by atoms with Crippen molar-refractivity contribution < 1.29 is 28.7 Å². The van der Waals surface area contributed by atoms with E-state index in [9.17, 15) is 19.2 Å². The molecular weight excluding hydrogens is 1050 g/mol. The van der Waals surface area contributed by atoms with E-state index in [4.69, 9.17) is 9.47 Å². The molecule has 20 heteroatoms. The van der Waals surface area contributed by atoms with Crippen LogP contribution in [0, 0.1) is 0 Å². The molecule has 396 valence electrons. The summed E-state index contributed by atoms with van der Waals surface area (Å²) >= 11 is 0. The van der Waals surface area contributed by atoms with Crippen LogP contribution in [0.25, 0.3) is 43.1 Å². The predicted molar refractivity (Wildman–Crippen MR) is 304 cm³/mol. The summed E-state index contributed by atoms with van der Waals surface area (Å²) in [5.74, 6) is -1.18. The highest BCUT2D eigenvalue weighted by molar-refractivity contribution is 6.44. The van der Waals surface area contributed by atoms with E-state index in [0.717, 1.165) is 174 Å². The van der Waals surface area contributed by atoms with Gasteiger partial charge >= 0.3 is 0 Å². The summed E-state index contributed by atoms with van der Waals surface area (Å²) in [6.07, 6.45) is 6.44. The highest BCUT2D eigenvalue weighted by Gasteiger charge is 2.39. The third kappa shape index (κ3) is 10.9. The molecule has 4 fully saturated rings. The number of hydrogen-bond acceptors (Lipinski definition) is 12. The van der Waals surface area contributed by atoms with Gasteiger partial charge in [0.15, 0.2) is 0 Å². The van der Waals surface area contributed by atoms with Crippen molar-refractivity contribution >= 4 is 153 Å². The van der Waals surface area contributed by atoms with Crippen LogP contribution in [-0.4, -0.2) is 198 Å². The summed E-state index contributed by atoms with van der Waals surface area (Å²) in [5.41, 5.74) is 4.07. The van der Waals surface area contributed by atoms with Crippen LogP contribution in [0.1, 0.15) is 80.0 Å². The molecule has 0 atom stereocenters. The second kappa shape index (κ2) is 25.5. The lowest BCUT2D eigenvalue weighted by Gasteiger charge is -2.36. The van der Waals surface area contributed by atoms with E-state index in [2.05, 4.69) is 55.6 Å².